The van der Waals surface area contributed by atoms with E-state index in [1.165, 1.54) is 6.07 Å². The summed E-state index contributed by atoms with van der Waals surface area (Å²) in [5.41, 5.74) is 0.523. The van der Waals surface area contributed by atoms with Crippen LogP contribution >= 0.6 is 11.6 Å². The van der Waals surface area contributed by atoms with Crippen LogP contribution in [0.25, 0.3) is 0 Å². The SMILES string of the molecule is CC(CCC(=O)N1CCNCC1)N(C)C(=O)NCc1cccc(F)c1Cl. The number of carbonyl (C=O) groups excluding carboxylic acids is 2. The van der Waals surface area contributed by atoms with Gasteiger partial charge in [0.25, 0.3) is 0 Å². The molecule has 2 N–H and O–H groups in total. The first-order valence-corrected chi connectivity index (χ1v) is 9.20. The number of amides is 3. The Kier molecular flexibility index (Phi) is 7.66. The van der Waals surface area contributed by atoms with Gasteiger partial charge in [0.2, 0.25) is 5.91 Å². The molecule has 1 aromatic rings. The van der Waals surface area contributed by atoms with E-state index in [1.54, 1.807) is 24.1 Å². The van der Waals surface area contributed by atoms with Gasteiger partial charge in [-0.3, -0.25) is 4.79 Å². The van der Waals surface area contributed by atoms with Crippen LogP contribution in [-0.4, -0.2) is 61.0 Å². The summed E-state index contributed by atoms with van der Waals surface area (Å²) in [6, 6.07) is 4.12. The third-order valence-electron chi connectivity index (χ3n) is 4.69. The van der Waals surface area contributed by atoms with Crippen molar-refractivity contribution in [2.45, 2.75) is 32.4 Å². The number of carbonyl (C=O) groups is 2. The molecule has 0 saturated carbocycles. The van der Waals surface area contributed by atoms with Gasteiger partial charge in [-0.25, -0.2) is 9.18 Å². The molecule has 1 saturated heterocycles. The first-order chi connectivity index (χ1) is 12.4. The largest absolute Gasteiger partial charge is 0.340 e. The van der Waals surface area contributed by atoms with E-state index >= 15 is 0 Å². The van der Waals surface area contributed by atoms with Gasteiger partial charge < -0.3 is 20.4 Å². The highest BCUT2D eigenvalue weighted by atomic mass is 35.5. The lowest BCUT2D eigenvalue weighted by molar-refractivity contribution is -0.132. The number of urea groups is 1. The Morgan fingerprint density at radius 3 is 2.77 bits per heavy atom. The minimum Gasteiger partial charge on any atom is -0.340 e. The highest BCUT2D eigenvalue weighted by molar-refractivity contribution is 6.31. The van der Waals surface area contributed by atoms with Gasteiger partial charge in [0.1, 0.15) is 5.82 Å². The maximum Gasteiger partial charge on any atom is 0.317 e. The van der Waals surface area contributed by atoms with Gasteiger partial charge in [-0.15, -0.1) is 0 Å². The molecule has 6 nitrogen and oxygen atoms in total. The van der Waals surface area contributed by atoms with Crippen LogP contribution in [0.5, 0.6) is 0 Å². The number of piperazine rings is 1. The van der Waals surface area contributed by atoms with Gasteiger partial charge in [0, 0.05) is 52.2 Å². The number of halogens is 2. The van der Waals surface area contributed by atoms with Crippen molar-refractivity contribution in [3.8, 4) is 0 Å². The number of rotatable bonds is 6. The highest BCUT2D eigenvalue weighted by Gasteiger charge is 2.20. The van der Waals surface area contributed by atoms with Crippen molar-refractivity contribution in [3.05, 3.63) is 34.6 Å². The summed E-state index contributed by atoms with van der Waals surface area (Å²) in [4.78, 5) is 27.9. The summed E-state index contributed by atoms with van der Waals surface area (Å²) in [6.45, 7) is 5.17. The molecule has 0 aromatic heterocycles. The van der Waals surface area contributed by atoms with Crippen molar-refractivity contribution in [1.29, 1.82) is 0 Å². The van der Waals surface area contributed by atoms with Crippen LogP contribution in [0.15, 0.2) is 18.2 Å². The van der Waals surface area contributed by atoms with E-state index in [0.29, 0.717) is 18.4 Å². The first-order valence-electron chi connectivity index (χ1n) is 8.82. The second-order valence-corrected chi connectivity index (χ2v) is 6.88. The minimum atomic E-state index is -0.508. The molecule has 144 valence electrons. The van der Waals surface area contributed by atoms with Gasteiger partial charge >= 0.3 is 6.03 Å². The van der Waals surface area contributed by atoms with Gasteiger partial charge in [0.15, 0.2) is 0 Å². The van der Waals surface area contributed by atoms with Crippen molar-refractivity contribution in [3.63, 3.8) is 0 Å². The average Bonchev–Trinajstić information content (AvgIpc) is 2.66. The molecule has 2 rings (SSSR count). The number of nitrogens with one attached hydrogen (secondary N) is 2. The monoisotopic (exact) mass is 384 g/mol. The summed E-state index contributed by atoms with van der Waals surface area (Å²) >= 11 is 5.89. The molecule has 1 heterocycles. The lowest BCUT2D eigenvalue weighted by atomic mass is 10.1. The Morgan fingerprint density at radius 2 is 2.08 bits per heavy atom. The summed E-state index contributed by atoms with van der Waals surface area (Å²) in [5, 5.41) is 5.96. The molecule has 0 aliphatic carbocycles. The molecule has 1 aromatic carbocycles. The lowest BCUT2D eigenvalue weighted by Crippen LogP contribution is -2.47. The molecular weight excluding hydrogens is 359 g/mol. The predicted molar refractivity (Wildman–Crippen MR) is 99.6 cm³/mol. The van der Waals surface area contributed by atoms with Crippen LogP contribution in [0, 0.1) is 5.82 Å². The molecule has 3 amide bonds. The molecule has 0 radical (unpaired) electrons. The Labute approximate surface area is 158 Å². The second-order valence-electron chi connectivity index (χ2n) is 6.50. The molecule has 8 heteroatoms. The van der Waals surface area contributed by atoms with E-state index in [2.05, 4.69) is 10.6 Å². The molecule has 1 unspecified atom stereocenters. The summed E-state index contributed by atoms with van der Waals surface area (Å²) in [5.74, 6) is -0.384. The Hall–Kier alpha value is -1.86. The minimum absolute atomic E-state index is 0.0186. The fourth-order valence-electron chi connectivity index (χ4n) is 2.78. The quantitative estimate of drug-likeness (QED) is 0.790. The molecule has 0 spiro atoms. The van der Waals surface area contributed by atoms with Crippen molar-refractivity contribution < 1.29 is 14.0 Å². The zero-order chi connectivity index (χ0) is 19.1. The summed E-state index contributed by atoms with van der Waals surface area (Å²) < 4.78 is 13.4. The Balaban J connectivity index is 1.77. The fourth-order valence-corrected chi connectivity index (χ4v) is 2.97. The van der Waals surface area contributed by atoms with Crippen molar-refractivity contribution in [1.82, 2.24) is 20.4 Å². The van der Waals surface area contributed by atoms with E-state index in [0.717, 1.165) is 26.2 Å². The Morgan fingerprint density at radius 1 is 1.38 bits per heavy atom. The van der Waals surface area contributed by atoms with Crippen molar-refractivity contribution in [2.75, 3.05) is 33.2 Å². The highest BCUT2D eigenvalue weighted by Crippen LogP contribution is 2.19. The average molecular weight is 385 g/mol. The van der Waals surface area contributed by atoms with E-state index in [9.17, 15) is 14.0 Å². The van der Waals surface area contributed by atoms with E-state index in [4.69, 9.17) is 11.6 Å². The smallest absolute Gasteiger partial charge is 0.317 e. The molecule has 0 bridgehead atoms. The van der Waals surface area contributed by atoms with Crippen LogP contribution in [-0.2, 0) is 11.3 Å². The number of hydrogen-bond donors (Lipinski definition) is 2. The summed E-state index contributed by atoms with van der Waals surface area (Å²) in [7, 11) is 1.68. The second kappa shape index (κ2) is 9.73. The van der Waals surface area contributed by atoms with E-state index in [-0.39, 0.29) is 29.5 Å². The number of benzene rings is 1. The van der Waals surface area contributed by atoms with E-state index in [1.807, 2.05) is 11.8 Å². The standard InChI is InChI=1S/C18H26ClFN4O2/c1-13(6-7-16(25)24-10-8-21-9-11-24)23(2)18(26)22-12-14-4-3-5-15(20)17(14)19/h3-5,13,21H,6-12H2,1-2H3,(H,22,26). The molecule has 26 heavy (non-hydrogen) atoms. The third-order valence-corrected chi connectivity index (χ3v) is 5.11. The lowest BCUT2D eigenvalue weighted by Gasteiger charge is -2.29. The van der Waals surface area contributed by atoms with Gasteiger partial charge in [-0.2, -0.15) is 0 Å². The maximum atomic E-state index is 13.4. The van der Waals surface area contributed by atoms with Crippen LogP contribution in [0.2, 0.25) is 5.02 Å². The fraction of sp³-hybridized carbons (Fsp3) is 0.556. The first kappa shape index (κ1) is 20.5. The molecule has 1 fully saturated rings. The van der Waals surface area contributed by atoms with Crippen molar-refractivity contribution >= 4 is 23.5 Å². The Bertz CT molecular complexity index is 638. The maximum absolute atomic E-state index is 13.4. The van der Waals surface area contributed by atoms with Crippen LogP contribution in [0.3, 0.4) is 0 Å². The van der Waals surface area contributed by atoms with Crippen LogP contribution in [0.4, 0.5) is 9.18 Å². The number of nitrogens with zero attached hydrogens (tertiary/aromatic N) is 2. The van der Waals surface area contributed by atoms with Crippen LogP contribution < -0.4 is 10.6 Å². The molecule has 1 atom stereocenters. The van der Waals surface area contributed by atoms with Gasteiger partial charge in [-0.05, 0) is 25.0 Å². The van der Waals surface area contributed by atoms with Crippen LogP contribution in [0.1, 0.15) is 25.3 Å². The number of hydrogen-bond acceptors (Lipinski definition) is 3. The topological polar surface area (TPSA) is 64.7 Å². The zero-order valence-electron chi connectivity index (χ0n) is 15.2. The van der Waals surface area contributed by atoms with E-state index < -0.39 is 5.82 Å². The van der Waals surface area contributed by atoms with Gasteiger partial charge in [0.05, 0.1) is 5.02 Å². The normalized spacial score (nSPS) is 15.5. The predicted octanol–water partition coefficient (Wildman–Crippen LogP) is 2.22. The third kappa shape index (κ3) is 5.57. The zero-order valence-corrected chi connectivity index (χ0v) is 16.0. The van der Waals surface area contributed by atoms with Gasteiger partial charge in [-0.1, -0.05) is 23.7 Å². The molecular formula is C18H26ClFN4O2. The summed E-state index contributed by atoms with van der Waals surface area (Å²) in [6.07, 6.45) is 1.00. The molecule has 1 aliphatic heterocycles. The molecule has 1 aliphatic rings. The van der Waals surface area contributed by atoms with Crippen molar-refractivity contribution in [2.24, 2.45) is 0 Å².